The molecule has 0 aliphatic carbocycles. The van der Waals surface area contributed by atoms with Gasteiger partial charge in [0.25, 0.3) is 0 Å². The van der Waals surface area contributed by atoms with Crippen LogP contribution in [0.1, 0.15) is 35.0 Å². The second kappa shape index (κ2) is 8.19. The van der Waals surface area contributed by atoms with Gasteiger partial charge in [-0.05, 0) is 36.1 Å². The van der Waals surface area contributed by atoms with E-state index in [1.807, 2.05) is 73.3 Å². The Morgan fingerprint density at radius 2 is 2.00 bits per heavy atom. The van der Waals surface area contributed by atoms with E-state index in [0.29, 0.717) is 12.8 Å². The molecule has 1 amide bonds. The maximum absolute atomic E-state index is 12.6. The van der Waals surface area contributed by atoms with Crippen molar-refractivity contribution >= 4 is 17.5 Å². The summed E-state index contributed by atoms with van der Waals surface area (Å²) in [5.74, 6) is 0.793. The molecule has 0 fully saturated rings. The molecule has 1 heterocycles. The molecule has 0 bridgehead atoms. The van der Waals surface area contributed by atoms with Crippen LogP contribution in [0.2, 0.25) is 5.02 Å². The van der Waals surface area contributed by atoms with Crippen LogP contribution in [-0.2, 0) is 18.3 Å². The molecule has 134 valence electrons. The van der Waals surface area contributed by atoms with Crippen molar-refractivity contribution in [1.82, 2.24) is 14.9 Å². The molecule has 0 saturated heterocycles. The molecule has 0 aliphatic rings. The normalized spacial score (nSPS) is 12.0. The highest BCUT2D eigenvalue weighted by Gasteiger charge is 2.20. The smallest absolute Gasteiger partial charge is 0.221 e. The number of amides is 1. The standard InChI is InChI=1S/C21H22ClN3O/c1-15-8-9-16(14-18(15)22)10-11-19(26)24-20(17-6-4-3-5-7-17)21-23-12-13-25(21)2/h3-9,12-14,20H,10-11H2,1-2H3,(H,24,26). The van der Waals surface area contributed by atoms with Crippen molar-refractivity contribution < 1.29 is 4.79 Å². The molecule has 4 nitrogen and oxygen atoms in total. The van der Waals surface area contributed by atoms with Gasteiger partial charge in [0, 0.05) is 30.9 Å². The Bertz CT molecular complexity index is 889. The van der Waals surface area contributed by atoms with Crippen LogP contribution in [0.5, 0.6) is 0 Å². The maximum atomic E-state index is 12.6. The first kappa shape index (κ1) is 18.2. The number of nitrogens with one attached hydrogen (secondary N) is 1. The number of hydrogen-bond acceptors (Lipinski definition) is 2. The van der Waals surface area contributed by atoms with Gasteiger partial charge < -0.3 is 9.88 Å². The van der Waals surface area contributed by atoms with Gasteiger partial charge in [0.05, 0.1) is 0 Å². The van der Waals surface area contributed by atoms with Crippen molar-refractivity contribution in [3.63, 3.8) is 0 Å². The molecule has 3 aromatic rings. The number of aromatic nitrogens is 2. The third-order valence-corrected chi connectivity index (χ3v) is 4.84. The number of imidazole rings is 1. The van der Waals surface area contributed by atoms with Gasteiger partial charge in [0.2, 0.25) is 5.91 Å². The number of carbonyl (C=O) groups is 1. The minimum Gasteiger partial charge on any atom is -0.342 e. The first-order valence-electron chi connectivity index (χ1n) is 8.61. The Morgan fingerprint density at radius 3 is 2.65 bits per heavy atom. The zero-order valence-corrected chi connectivity index (χ0v) is 15.7. The Hall–Kier alpha value is -2.59. The molecule has 0 aliphatic heterocycles. The van der Waals surface area contributed by atoms with Gasteiger partial charge in [-0.1, -0.05) is 54.1 Å². The minimum atomic E-state index is -0.273. The number of benzene rings is 2. The third-order valence-electron chi connectivity index (χ3n) is 4.43. The van der Waals surface area contributed by atoms with Crippen LogP contribution in [0, 0.1) is 6.92 Å². The summed E-state index contributed by atoms with van der Waals surface area (Å²) in [5, 5.41) is 3.85. The second-order valence-electron chi connectivity index (χ2n) is 6.39. The minimum absolute atomic E-state index is 0.0152. The van der Waals surface area contributed by atoms with Crippen molar-refractivity contribution in [1.29, 1.82) is 0 Å². The number of carbonyl (C=O) groups excluding carboxylic acids is 1. The molecular weight excluding hydrogens is 346 g/mol. The number of nitrogens with zero attached hydrogens (tertiary/aromatic N) is 2. The molecule has 1 N–H and O–H groups in total. The summed E-state index contributed by atoms with van der Waals surface area (Å²) >= 11 is 6.17. The Kier molecular flexibility index (Phi) is 5.74. The van der Waals surface area contributed by atoms with Crippen molar-refractivity contribution in [3.8, 4) is 0 Å². The first-order valence-corrected chi connectivity index (χ1v) is 8.99. The molecule has 26 heavy (non-hydrogen) atoms. The van der Waals surface area contributed by atoms with Gasteiger partial charge in [-0.2, -0.15) is 0 Å². The molecule has 1 unspecified atom stereocenters. The summed E-state index contributed by atoms with van der Waals surface area (Å²) < 4.78 is 1.93. The van der Waals surface area contributed by atoms with Crippen LogP contribution in [-0.4, -0.2) is 15.5 Å². The van der Waals surface area contributed by atoms with E-state index in [2.05, 4.69) is 10.3 Å². The van der Waals surface area contributed by atoms with Crippen molar-refractivity contribution in [2.24, 2.45) is 7.05 Å². The lowest BCUT2D eigenvalue weighted by atomic mass is 10.0. The first-order chi connectivity index (χ1) is 12.5. The summed E-state index contributed by atoms with van der Waals surface area (Å²) in [6.45, 7) is 1.97. The van der Waals surface area contributed by atoms with Crippen LogP contribution in [0.4, 0.5) is 0 Å². The zero-order chi connectivity index (χ0) is 18.5. The van der Waals surface area contributed by atoms with Crippen LogP contribution < -0.4 is 5.32 Å². The fraction of sp³-hybridized carbons (Fsp3) is 0.238. The Balaban J connectivity index is 1.71. The van der Waals surface area contributed by atoms with E-state index in [1.54, 1.807) is 6.20 Å². The second-order valence-corrected chi connectivity index (χ2v) is 6.80. The van der Waals surface area contributed by atoms with Gasteiger partial charge in [-0.15, -0.1) is 0 Å². The summed E-state index contributed by atoms with van der Waals surface area (Å²) in [5.41, 5.74) is 3.11. The molecule has 2 aromatic carbocycles. The summed E-state index contributed by atoms with van der Waals surface area (Å²) in [6, 6.07) is 15.5. The summed E-state index contributed by atoms with van der Waals surface area (Å²) in [4.78, 5) is 17.0. The zero-order valence-electron chi connectivity index (χ0n) is 14.9. The molecular formula is C21H22ClN3O. The van der Waals surface area contributed by atoms with E-state index in [1.165, 1.54) is 0 Å². The fourth-order valence-corrected chi connectivity index (χ4v) is 3.08. The third kappa shape index (κ3) is 4.33. The van der Waals surface area contributed by atoms with E-state index in [0.717, 1.165) is 27.5 Å². The molecule has 5 heteroatoms. The molecule has 1 atom stereocenters. The average molecular weight is 368 g/mol. The van der Waals surface area contributed by atoms with Gasteiger partial charge in [0.1, 0.15) is 11.9 Å². The lowest BCUT2D eigenvalue weighted by molar-refractivity contribution is -0.121. The molecule has 0 radical (unpaired) electrons. The number of halogens is 1. The van der Waals surface area contributed by atoms with Crippen molar-refractivity contribution in [2.75, 3.05) is 0 Å². The average Bonchev–Trinajstić information content (AvgIpc) is 3.07. The van der Waals surface area contributed by atoms with Crippen LogP contribution in [0.15, 0.2) is 60.9 Å². The van der Waals surface area contributed by atoms with E-state index in [-0.39, 0.29) is 11.9 Å². The highest BCUT2D eigenvalue weighted by Crippen LogP contribution is 2.21. The largest absolute Gasteiger partial charge is 0.342 e. The Morgan fingerprint density at radius 1 is 1.23 bits per heavy atom. The monoisotopic (exact) mass is 367 g/mol. The number of hydrogen-bond donors (Lipinski definition) is 1. The Labute approximate surface area is 158 Å². The van der Waals surface area contributed by atoms with Crippen LogP contribution in [0.25, 0.3) is 0 Å². The topological polar surface area (TPSA) is 46.9 Å². The van der Waals surface area contributed by atoms with E-state index < -0.39 is 0 Å². The number of aryl methyl sites for hydroxylation is 3. The van der Waals surface area contributed by atoms with Crippen molar-refractivity contribution in [3.05, 3.63) is 88.5 Å². The van der Waals surface area contributed by atoms with Crippen LogP contribution >= 0.6 is 11.6 Å². The lowest BCUT2D eigenvalue weighted by Crippen LogP contribution is -2.31. The van der Waals surface area contributed by atoms with Gasteiger partial charge in [-0.3, -0.25) is 4.79 Å². The number of rotatable bonds is 6. The van der Waals surface area contributed by atoms with Crippen molar-refractivity contribution in [2.45, 2.75) is 25.8 Å². The SMILES string of the molecule is Cc1ccc(CCC(=O)NC(c2ccccc2)c2nccn2C)cc1Cl. The molecule has 3 rings (SSSR count). The fourth-order valence-electron chi connectivity index (χ4n) is 2.88. The molecule has 0 spiro atoms. The van der Waals surface area contributed by atoms with Gasteiger partial charge in [0.15, 0.2) is 0 Å². The van der Waals surface area contributed by atoms with E-state index in [9.17, 15) is 4.79 Å². The van der Waals surface area contributed by atoms with Gasteiger partial charge >= 0.3 is 0 Å². The quantitative estimate of drug-likeness (QED) is 0.709. The van der Waals surface area contributed by atoms with Gasteiger partial charge in [-0.25, -0.2) is 4.98 Å². The van der Waals surface area contributed by atoms with E-state index in [4.69, 9.17) is 11.6 Å². The van der Waals surface area contributed by atoms with E-state index >= 15 is 0 Å². The highest BCUT2D eigenvalue weighted by atomic mass is 35.5. The lowest BCUT2D eigenvalue weighted by Gasteiger charge is -2.19. The maximum Gasteiger partial charge on any atom is 0.221 e. The summed E-state index contributed by atoms with van der Waals surface area (Å²) in [7, 11) is 1.93. The predicted molar refractivity (Wildman–Crippen MR) is 104 cm³/mol. The van der Waals surface area contributed by atoms with Crippen LogP contribution in [0.3, 0.4) is 0 Å². The summed E-state index contributed by atoms with van der Waals surface area (Å²) in [6.07, 6.45) is 4.67. The molecule has 1 aromatic heterocycles. The highest BCUT2D eigenvalue weighted by molar-refractivity contribution is 6.31. The molecule has 0 saturated carbocycles. The predicted octanol–water partition coefficient (Wildman–Crippen LogP) is 4.22.